The Bertz CT molecular complexity index is 550. The van der Waals surface area contributed by atoms with Crippen molar-refractivity contribution in [2.75, 3.05) is 13.7 Å². The van der Waals surface area contributed by atoms with Crippen LogP contribution in [0.4, 0.5) is 5.69 Å². The molecule has 1 unspecified atom stereocenters. The van der Waals surface area contributed by atoms with Gasteiger partial charge in [0.2, 0.25) is 5.15 Å². The van der Waals surface area contributed by atoms with Crippen LogP contribution in [0.2, 0.25) is 5.15 Å². The third-order valence-corrected chi connectivity index (χ3v) is 2.56. The summed E-state index contributed by atoms with van der Waals surface area (Å²) < 4.78 is 4.36. The van der Waals surface area contributed by atoms with Crippen LogP contribution < -0.4 is 5.32 Å². The number of hydrogen-bond donors (Lipinski definition) is 2. The highest BCUT2D eigenvalue weighted by Gasteiger charge is 2.28. The van der Waals surface area contributed by atoms with Gasteiger partial charge in [-0.15, -0.1) is 0 Å². The van der Waals surface area contributed by atoms with Crippen LogP contribution in [0.1, 0.15) is 10.4 Å². The Morgan fingerprint density at radius 2 is 2.30 bits per heavy atom. The molecule has 1 aromatic rings. The third-order valence-electron chi connectivity index (χ3n) is 2.28. The lowest BCUT2D eigenvalue weighted by Gasteiger charge is -2.13. The van der Waals surface area contributed by atoms with Crippen molar-refractivity contribution in [3.63, 3.8) is 0 Å². The topological polar surface area (TPSA) is 132 Å². The maximum Gasteiger partial charge on any atom is 0.330 e. The number of aliphatic hydroxyl groups is 1. The lowest BCUT2D eigenvalue weighted by molar-refractivity contribution is -0.385. The molecule has 108 valence electrons. The second-order valence-electron chi connectivity index (χ2n) is 3.49. The second kappa shape index (κ2) is 6.78. The Kier molecular flexibility index (Phi) is 5.35. The molecule has 2 N–H and O–H groups in total. The number of carbonyl (C=O) groups is 2. The van der Waals surface area contributed by atoms with E-state index in [0.29, 0.717) is 0 Å². The van der Waals surface area contributed by atoms with Gasteiger partial charge < -0.3 is 15.2 Å². The first-order chi connectivity index (χ1) is 9.42. The van der Waals surface area contributed by atoms with E-state index in [0.717, 1.165) is 19.4 Å². The SMILES string of the molecule is COC(=O)C(CO)NC(=O)c1ccnc(Cl)c1[N+](=O)[O-]. The predicted octanol–water partition coefficient (Wildman–Crippen LogP) is -0.0931. The van der Waals surface area contributed by atoms with E-state index in [2.05, 4.69) is 15.0 Å². The first-order valence-electron chi connectivity index (χ1n) is 5.20. The minimum Gasteiger partial charge on any atom is -0.467 e. The molecule has 20 heavy (non-hydrogen) atoms. The first kappa shape index (κ1) is 15.8. The number of ether oxygens (including phenoxy) is 1. The van der Waals surface area contributed by atoms with E-state index < -0.39 is 40.3 Å². The first-order valence-corrected chi connectivity index (χ1v) is 5.58. The van der Waals surface area contributed by atoms with Crippen molar-refractivity contribution in [2.45, 2.75) is 6.04 Å². The van der Waals surface area contributed by atoms with Crippen LogP contribution in [0.3, 0.4) is 0 Å². The molecule has 1 aromatic heterocycles. The number of aliphatic hydroxyl groups excluding tert-OH is 1. The van der Waals surface area contributed by atoms with E-state index in [1.165, 1.54) is 0 Å². The fourth-order valence-corrected chi connectivity index (χ4v) is 1.57. The van der Waals surface area contributed by atoms with Gasteiger partial charge in [0.05, 0.1) is 18.6 Å². The molecule has 0 aliphatic rings. The number of methoxy groups -OCH3 is 1. The molecule has 1 amide bonds. The van der Waals surface area contributed by atoms with E-state index in [4.69, 9.17) is 16.7 Å². The van der Waals surface area contributed by atoms with E-state index in [1.54, 1.807) is 0 Å². The summed E-state index contributed by atoms with van der Waals surface area (Å²) in [7, 11) is 1.07. The standard InChI is InChI=1S/C10H10ClN3O6/c1-20-10(17)6(4-15)13-9(16)5-2-3-12-8(11)7(5)14(18)19/h2-3,6,15H,4H2,1H3,(H,13,16). The molecule has 0 bridgehead atoms. The summed E-state index contributed by atoms with van der Waals surface area (Å²) in [6.45, 7) is -0.717. The lowest BCUT2D eigenvalue weighted by Crippen LogP contribution is -2.44. The summed E-state index contributed by atoms with van der Waals surface area (Å²) in [5, 5.41) is 21.5. The number of rotatable bonds is 5. The van der Waals surface area contributed by atoms with Crippen LogP contribution in [0, 0.1) is 10.1 Å². The van der Waals surface area contributed by atoms with Gasteiger partial charge in [0.15, 0.2) is 6.04 Å². The summed E-state index contributed by atoms with van der Waals surface area (Å²) in [6, 6.07) is -0.260. The Balaban J connectivity index is 3.07. The molecule has 0 aromatic carbocycles. The van der Waals surface area contributed by atoms with E-state index in [1.807, 2.05) is 0 Å². The number of pyridine rings is 1. The number of nitrogens with zero attached hydrogens (tertiary/aromatic N) is 2. The Morgan fingerprint density at radius 3 is 2.80 bits per heavy atom. The Hall–Kier alpha value is -2.26. The van der Waals surface area contributed by atoms with E-state index in [9.17, 15) is 19.7 Å². The summed E-state index contributed by atoms with van der Waals surface area (Å²) in [4.78, 5) is 36.6. The zero-order valence-electron chi connectivity index (χ0n) is 10.2. The molecule has 9 nitrogen and oxygen atoms in total. The minimum absolute atomic E-state index is 0.377. The van der Waals surface area contributed by atoms with Gasteiger partial charge in [-0.3, -0.25) is 14.9 Å². The number of amides is 1. The highest BCUT2D eigenvalue weighted by molar-refractivity contribution is 6.32. The molecular weight excluding hydrogens is 294 g/mol. The van der Waals surface area contributed by atoms with Crippen molar-refractivity contribution >= 4 is 29.2 Å². The summed E-state index contributed by atoms with van der Waals surface area (Å²) in [6.07, 6.45) is 1.11. The van der Waals surface area contributed by atoms with Gasteiger partial charge in [-0.05, 0) is 6.07 Å². The maximum absolute atomic E-state index is 11.9. The quantitative estimate of drug-likeness (QED) is 0.336. The average Bonchev–Trinajstić information content (AvgIpc) is 2.42. The fourth-order valence-electron chi connectivity index (χ4n) is 1.34. The van der Waals surface area contributed by atoms with Crippen LogP contribution in [0.15, 0.2) is 12.3 Å². The van der Waals surface area contributed by atoms with Crippen molar-refractivity contribution in [3.05, 3.63) is 33.1 Å². The number of nitrogens with one attached hydrogen (secondary N) is 1. The van der Waals surface area contributed by atoms with Gasteiger partial charge in [-0.1, -0.05) is 11.6 Å². The molecule has 0 radical (unpaired) electrons. The molecule has 0 spiro atoms. The molecular formula is C10H10ClN3O6. The third kappa shape index (κ3) is 3.39. The van der Waals surface area contributed by atoms with E-state index in [-0.39, 0.29) is 5.56 Å². The van der Waals surface area contributed by atoms with Gasteiger partial charge in [0.25, 0.3) is 5.91 Å². The summed E-state index contributed by atoms with van der Waals surface area (Å²) in [5.74, 6) is -1.84. The Morgan fingerprint density at radius 1 is 1.65 bits per heavy atom. The number of nitro groups is 1. The van der Waals surface area contributed by atoms with Gasteiger partial charge in [-0.25, -0.2) is 9.78 Å². The predicted molar refractivity (Wildman–Crippen MR) is 66.3 cm³/mol. The zero-order chi connectivity index (χ0) is 15.3. The van der Waals surface area contributed by atoms with Gasteiger partial charge >= 0.3 is 11.7 Å². The van der Waals surface area contributed by atoms with Crippen molar-refractivity contribution in [2.24, 2.45) is 0 Å². The smallest absolute Gasteiger partial charge is 0.330 e. The summed E-state index contributed by atoms with van der Waals surface area (Å²) in [5.41, 5.74) is -1.06. The minimum atomic E-state index is -1.33. The van der Waals surface area contributed by atoms with Crippen LogP contribution in [0.5, 0.6) is 0 Å². The van der Waals surface area contributed by atoms with Crippen LogP contribution in [0.25, 0.3) is 0 Å². The van der Waals surface area contributed by atoms with Crippen molar-refractivity contribution in [1.82, 2.24) is 10.3 Å². The molecule has 0 fully saturated rings. The normalized spacial score (nSPS) is 11.6. The molecule has 0 aliphatic heterocycles. The number of carbonyl (C=O) groups excluding carboxylic acids is 2. The zero-order valence-corrected chi connectivity index (χ0v) is 11.0. The van der Waals surface area contributed by atoms with Crippen molar-refractivity contribution in [1.29, 1.82) is 0 Å². The number of hydrogen-bond acceptors (Lipinski definition) is 7. The molecule has 0 saturated carbocycles. The monoisotopic (exact) mass is 303 g/mol. The van der Waals surface area contributed by atoms with Gasteiger partial charge in [0.1, 0.15) is 5.56 Å². The summed E-state index contributed by atoms with van der Waals surface area (Å²) >= 11 is 5.55. The van der Waals surface area contributed by atoms with Crippen LogP contribution in [-0.2, 0) is 9.53 Å². The molecule has 0 aliphatic carbocycles. The van der Waals surface area contributed by atoms with Crippen molar-refractivity contribution in [3.8, 4) is 0 Å². The average molecular weight is 304 g/mol. The highest BCUT2D eigenvalue weighted by Crippen LogP contribution is 2.25. The van der Waals surface area contributed by atoms with Crippen LogP contribution in [-0.4, -0.2) is 46.6 Å². The van der Waals surface area contributed by atoms with Crippen molar-refractivity contribution < 1.29 is 24.4 Å². The van der Waals surface area contributed by atoms with E-state index >= 15 is 0 Å². The second-order valence-corrected chi connectivity index (χ2v) is 3.84. The molecule has 1 rings (SSSR count). The largest absolute Gasteiger partial charge is 0.467 e. The molecule has 10 heteroatoms. The number of halogens is 1. The van der Waals surface area contributed by atoms with Gasteiger partial charge in [-0.2, -0.15) is 0 Å². The van der Waals surface area contributed by atoms with Crippen LogP contribution >= 0.6 is 11.6 Å². The van der Waals surface area contributed by atoms with Gasteiger partial charge in [0, 0.05) is 6.20 Å². The molecule has 1 heterocycles. The number of aromatic nitrogens is 1. The number of esters is 1. The molecule has 0 saturated heterocycles. The fraction of sp³-hybridized carbons (Fsp3) is 0.300. The Labute approximate surface area is 117 Å². The maximum atomic E-state index is 11.9. The highest BCUT2D eigenvalue weighted by atomic mass is 35.5. The lowest BCUT2D eigenvalue weighted by atomic mass is 10.2. The molecule has 1 atom stereocenters.